The van der Waals surface area contributed by atoms with Gasteiger partial charge in [0.1, 0.15) is 5.82 Å². The van der Waals surface area contributed by atoms with Crippen molar-refractivity contribution >= 4 is 29.3 Å². The quantitative estimate of drug-likeness (QED) is 0.530. The zero-order valence-corrected chi connectivity index (χ0v) is 10.1. The molecule has 1 aromatic rings. The highest BCUT2D eigenvalue weighted by molar-refractivity contribution is 6.30. The molecule has 0 radical (unpaired) electrons. The lowest BCUT2D eigenvalue weighted by atomic mass is 10.1. The fourth-order valence-electron chi connectivity index (χ4n) is 1.42. The largest absolute Gasteiger partial charge is 0.369 e. The van der Waals surface area contributed by atoms with Gasteiger partial charge in [-0.1, -0.05) is 11.6 Å². The van der Waals surface area contributed by atoms with E-state index < -0.39 is 17.8 Å². The van der Waals surface area contributed by atoms with E-state index in [1.54, 1.807) is 6.92 Å². The van der Waals surface area contributed by atoms with Crippen LogP contribution >= 0.6 is 11.6 Å². The predicted octanol–water partition coefficient (Wildman–Crippen LogP) is 1.83. The van der Waals surface area contributed by atoms with E-state index in [-0.39, 0.29) is 10.7 Å². The second-order valence-corrected chi connectivity index (χ2v) is 3.77. The number of nitrogens with zero attached hydrogens (tertiary/aromatic N) is 1. The number of aryl methyl sites for hydroxylation is 1. The highest BCUT2D eigenvalue weighted by atomic mass is 35.5. The van der Waals surface area contributed by atoms with Crippen LogP contribution in [0.15, 0.2) is 12.1 Å². The van der Waals surface area contributed by atoms with Gasteiger partial charge in [0.25, 0.3) is 0 Å². The zero-order chi connectivity index (χ0) is 13.2. The molecule has 0 unspecified atom stereocenters. The second kappa shape index (κ2) is 5.01. The number of rotatable bonds is 1. The Kier molecular flexibility index (Phi) is 3.90. The third-order valence-corrected chi connectivity index (χ3v) is 2.32. The zero-order valence-electron chi connectivity index (χ0n) is 9.34. The molecule has 1 rings (SSSR count). The number of urea groups is 1. The van der Waals surface area contributed by atoms with Crippen molar-refractivity contribution < 1.29 is 9.18 Å². The smallest absolute Gasteiger partial charge is 0.328 e. The molecule has 0 aliphatic rings. The monoisotopic (exact) mass is 258 g/mol. The number of hydrogen-bond acceptors (Lipinski definition) is 2. The predicted molar refractivity (Wildman–Crippen MR) is 65.0 cm³/mol. The van der Waals surface area contributed by atoms with E-state index >= 15 is 0 Å². The minimum Gasteiger partial charge on any atom is -0.369 e. The molecule has 0 spiro atoms. The van der Waals surface area contributed by atoms with Crippen LogP contribution in [0, 0.1) is 18.2 Å². The van der Waals surface area contributed by atoms with Crippen LogP contribution in [-0.2, 0) is 0 Å². The SMILES string of the molecule is CNC(=O)N(C(=N)N)c1c(C)cc(Cl)cc1F. The van der Waals surface area contributed by atoms with Gasteiger partial charge in [0.05, 0.1) is 5.69 Å². The Morgan fingerprint density at radius 1 is 1.59 bits per heavy atom. The van der Waals surface area contributed by atoms with Gasteiger partial charge in [-0.25, -0.2) is 14.1 Å². The van der Waals surface area contributed by atoms with Crippen LogP contribution in [0.25, 0.3) is 0 Å². The molecule has 17 heavy (non-hydrogen) atoms. The molecular formula is C10H12ClFN4O. The number of benzene rings is 1. The van der Waals surface area contributed by atoms with E-state index in [1.165, 1.54) is 13.1 Å². The molecule has 7 heteroatoms. The highest BCUT2D eigenvalue weighted by Gasteiger charge is 2.23. The van der Waals surface area contributed by atoms with Crippen molar-refractivity contribution in [2.24, 2.45) is 5.73 Å². The van der Waals surface area contributed by atoms with Crippen LogP contribution in [0.1, 0.15) is 5.56 Å². The van der Waals surface area contributed by atoms with Crippen molar-refractivity contribution in [1.82, 2.24) is 5.32 Å². The molecule has 0 aromatic heterocycles. The van der Waals surface area contributed by atoms with Crippen molar-refractivity contribution in [3.05, 3.63) is 28.5 Å². The first-order valence-corrected chi connectivity index (χ1v) is 5.07. The summed E-state index contributed by atoms with van der Waals surface area (Å²) in [7, 11) is 1.36. The molecule has 0 bridgehead atoms. The van der Waals surface area contributed by atoms with Crippen LogP contribution < -0.4 is 16.0 Å². The minimum atomic E-state index is -0.714. The van der Waals surface area contributed by atoms with Gasteiger partial charge < -0.3 is 11.1 Å². The maximum absolute atomic E-state index is 13.8. The van der Waals surface area contributed by atoms with Gasteiger partial charge in [0.2, 0.25) is 5.96 Å². The average molecular weight is 259 g/mol. The van der Waals surface area contributed by atoms with Gasteiger partial charge in [-0.05, 0) is 24.6 Å². The van der Waals surface area contributed by atoms with Crippen LogP contribution in [0.4, 0.5) is 14.9 Å². The summed E-state index contributed by atoms with van der Waals surface area (Å²) in [6.45, 7) is 1.57. The van der Waals surface area contributed by atoms with E-state index in [9.17, 15) is 9.18 Å². The third kappa shape index (κ3) is 2.65. The maximum Gasteiger partial charge on any atom is 0.328 e. The number of carbonyl (C=O) groups excluding carboxylic acids is 1. The summed E-state index contributed by atoms with van der Waals surface area (Å²) in [5.41, 5.74) is 5.60. The molecule has 0 heterocycles. The summed E-state index contributed by atoms with van der Waals surface area (Å²) in [5.74, 6) is -1.29. The standard InChI is InChI=1S/C10H12ClFN4O/c1-5-3-6(11)4-7(12)8(5)16(9(13)14)10(17)15-2/h3-4H,1-2H3,(H3,13,14)(H,15,17). The van der Waals surface area contributed by atoms with Gasteiger partial charge >= 0.3 is 6.03 Å². The van der Waals surface area contributed by atoms with E-state index in [0.29, 0.717) is 5.56 Å². The Bertz CT molecular complexity index is 454. The normalized spacial score (nSPS) is 9.88. The first-order valence-electron chi connectivity index (χ1n) is 4.70. The summed E-state index contributed by atoms with van der Waals surface area (Å²) >= 11 is 5.68. The number of halogens is 2. The molecule has 0 saturated heterocycles. The van der Waals surface area contributed by atoms with Crippen molar-refractivity contribution in [2.45, 2.75) is 6.92 Å². The first kappa shape index (κ1) is 13.2. The lowest BCUT2D eigenvalue weighted by molar-refractivity contribution is 0.250. The van der Waals surface area contributed by atoms with Gasteiger partial charge in [-0.15, -0.1) is 0 Å². The molecule has 92 valence electrons. The summed E-state index contributed by atoms with van der Waals surface area (Å²) in [6, 6.07) is 1.85. The van der Waals surface area contributed by atoms with Crippen LogP contribution in [-0.4, -0.2) is 19.0 Å². The minimum absolute atomic E-state index is 0.0822. The van der Waals surface area contributed by atoms with Crippen molar-refractivity contribution in [3.8, 4) is 0 Å². The Balaban J connectivity index is 3.38. The van der Waals surface area contributed by atoms with Gasteiger partial charge in [0.15, 0.2) is 0 Å². The van der Waals surface area contributed by atoms with Crippen molar-refractivity contribution in [3.63, 3.8) is 0 Å². The van der Waals surface area contributed by atoms with E-state index in [0.717, 1.165) is 11.0 Å². The fraction of sp³-hybridized carbons (Fsp3) is 0.200. The second-order valence-electron chi connectivity index (χ2n) is 3.33. The van der Waals surface area contributed by atoms with E-state index in [1.807, 2.05) is 0 Å². The number of hydrogen-bond donors (Lipinski definition) is 3. The fourth-order valence-corrected chi connectivity index (χ4v) is 1.68. The Morgan fingerprint density at radius 3 is 2.59 bits per heavy atom. The van der Waals surface area contributed by atoms with Gasteiger partial charge in [-0.2, -0.15) is 0 Å². The molecule has 1 aromatic carbocycles. The Morgan fingerprint density at radius 2 is 2.18 bits per heavy atom. The molecule has 0 atom stereocenters. The van der Waals surface area contributed by atoms with E-state index in [4.69, 9.17) is 22.7 Å². The maximum atomic E-state index is 13.8. The molecule has 0 aliphatic heterocycles. The van der Waals surface area contributed by atoms with Crippen molar-refractivity contribution in [1.29, 1.82) is 5.41 Å². The number of nitrogens with two attached hydrogens (primary N) is 1. The summed E-state index contributed by atoms with van der Waals surface area (Å²) in [4.78, 5) is 12.3. The average Bonchev–Trinajstić information content (AvgIpc) is 2.21. The van der Waals surface area contributed by atoms with Gasteiger partial charge in [0, 0.05) is 12.1 Å². The summed E-state index contributed by atoms with van der Waals surface area (Å²) in [6.07, 6.45) is 0. The van der Waals surface area contributed by atoms with E-state index in [2.05, 4.69) is 5.32 Å². The highest BCUT2D eigenvalue weighted by Crippen LogP contribution is 2.27. The molecule has 0 fully saturated rings. The molecule has 5 nitrogen and oxygen atoms in total. The third-order valence-electron chi connectivity index (χ3n) is 2.10. The lowest BCUT2D eigenvalue weighted by Crippen LogP contribution is -2.46. The molecular weight excluding hydrogens is 247 g/mol. The van der Waals surface area contributed by atoms with Crippen LogP contribution in [0.3, 0.4) is 0 Å². The van der Waals surface area contributed by atoms with Gasteiger partial charge in [-0.3, -0.25) is 5.41 Å². The molecule has 0 saturated carbocycles. The Labute approximate surface area is 103 Å². The molecule has 4 N–H and O–H groups in total. The van der Waals surface area contributed by atoms with Crippen LogP contribution in [0.2, 0.25) is 5.02 Å². The number of guanidine groups is 1. The molecule has 0 aliphatic carbocycles. The first-order chi connectivity index (χ1) is 7.88. The number of anilines is 1. The molecule has 2 amide bonds. The number of nitrogens with one attached hydrogen (secondary N) is 2. The van der Waals surface area contributed by atoms with Crippen LogP contribution in [0.5, 0.6) is 0 Å². The Hall–Kier alpha value is -1.82. The number of carbonyl (C=O) groups is 1. The number of amides is 2. The topological polar surface area (TPSA) is 82.2 Å². The van der Waals surface area contributed by atoms with Crippen molar-refractivity contribution in [2.75, 3.05) is 11.9 Å². The summed E-state index contributed by atoms with van der Waals surface area (Å²) in [5, 5.41) is 9.81. The lowest BCUT2D eigenvalue weighted by Gasteiger charge is -2.22. The summed E-state index contributed by atoms with van der Waals surface area (Å²) < 4.78 is 13.8.